The van der Waals surface area contributed by atoms with Crippen LogP contribution in [0.15, 0.2) is 18.5 Å². The van der Waals surface area contributed by atoms with Crippen molar-refractivity contribution in [3.05, 3.63) is 24.2 Å². The highest BCUT2D eigenvalue weighted by atomic mass is 16.6. The van der Waals surface area contributed by atoms with Crippen molar-refractivity contribution in [2.24, 2.45) is 11.8 Å². The Balaban J connectivity index is 1.88. The molecule has 1 aliphatic rings. The van der Waals surface area contributed by atoms with Crippen LogP contribution in [0.2, 0.25) is 0 Å². The maximum absolute atomic E-state index is 12.1. The number of nitrogens with two attached hydrogens (primary N) is 1. The highest BCUT2D eigenvalue weighted by Gasteiger charge is 2.57. The van der Waals surface area contributed by atoms with Gasteiger partial charge in [0.1, 0.15) is 42.8 Å². The smallest absolute Gasteiger partial charge is 0.309 e. The first-order chi connectivity index (χ1) is 13.2. The van der Waals surface area contributed by atoms with E-state index in [9.17, 15) is 20.3 Å². The molecule has 0 radical (unpaired) electrons. The van der Waals surface area contributed by atoms with Gasteiger partial charge in [-0.2, -0.15) is 10.4 Å². The standard InChI is InChI=1S/C18H23N5O5/c1-9(2)10(3)17(26)27-6-12-14(24)15(25)18(7-19,28-12)13-5-4-11-16(20)21-8-22-23(11)13/h4-5,8-10,12,14-15,24-25H,6H2,1-3H3,(H2,20,21,22)/t10-,12+,14+,15+,18-/m0/s1. The molecule has 1 fully saturated rings. The van der Waals surface area contributed by atoms with E-state index in [0.29, 0.717) is 5.52 Å². The van der Waals surface area contributed by atoms with Gasteiger partial charge in [-0.3, -0.25) is 4.79 Å². The fraction of sp³-hybridized carbons (Fsp3) is 0.556. The topological polar surface area (TPSA) is 156 Å². The molecule has 0 unspecified atom stereocenters. The monoisotopic (exact) mass is 389 g/mol. The van der Waals surface area contributed by atoms with Crippen LogP contribution < -0.4 is 5.73 Å². The number of ether oxygens (including phenoxy) is 2. The third kappa shape index (κ3) is 3.07. The summed E-state index contributed by atoms with van der Waals surface area (Å²) in [7, 11) is 0. The van der Waals surface area contributed by atoms with E-state index in [4.69, 9.17) is 15.2 Å². The predicted molar refractivity (Wildman–Crippen MR) is 96.5 cm³/mol. The van der Waals surface area contributed by atoms with Crippen molar-refractivity contribution in [2.45, 2.75) is 44.7 Å². The molecule has 150 valence electrons. The Morgan fingerprint density at radius 2 is 2.18 bits per heavy atom. The van der Waals surface area contributed by atoms with Gasteiger partial charge in [-0.15, -0.1) is 0 Å². The molecule has 0 aromatic carbocycles. The number of aliphatic hydroxyl groups excluding tert-OH is 2. The van der Waals surface area contributed by atoms with E-state index in [1.165, 1.54) is 16.9 Å². The molecule has 3 heterocycles. The number of aromatic nitrogens is 3. The molecule has 5 atom stereocenters. The van der Waals surface area contributed by atoms with E-state index in [0.717, 1.165) is 0 Å². The van der Waals surface area contributed by atoms with E-state index in [1.54, 1.807) is 13.0 Å². The predicted octanol–water partition coefficient (Wildman–Crippen LogP) is -0.0137. The molecule has 28 heavy (non-hydrogen) atoms. The Labute approximate surface area is 161 Å². The minimum atomic E-state index is -1.91. The van der Waals surface area contributed by atoms with Crippen molar-refractivity contribution in [3.63, 3.8) is 0 Å². The molecule has 0 bridgehead atoms. The Kier molecular flexibility index (Phi) is 5.25. The summed E-state index contributed by atoms with van der Waals surface area (Å²) < 4.78 is 12.3. The van der Waals surface area contributed by atoms with E-state index in [1.807, 2.05) is 19.9 Å². The third-order valence-corrected chi connectivity index (χ3v) is 5.25. The van der Waals surface area contributed by atoms with Gasteiger partial charge in [0.05, 0.1) is 11.6 Å². The summed E-state index contributed by atoms with van der Waals surface area (Å²) in [6, 6.07) is 5.05. The SMILES string of the molecule is CC(C)[C@H](C)C(=O)OC[C@H]1O[C@@](C#N)(c2ccc3c(N)ncnn23)[C@H](O)[C@@H]1O. The minimum Gasteiger partial charge on any atom is -0.463 e. The van der Waals surface area contributed by atoms with Crippen LogP contribution >= 0.6 is 0 Å². The second-order valence-electron chi connectivity index (χ2n) is 7.26. The third-order valence-electron chi connectivity index (χ3n) is 5.25. The van der Waals surface area contributed by atoms with Crippen molar-refractivity contribution in [2.75, 3.05) is 12.3 Å². The molecule has 0 spiro atoms. The van der Waals surface area contributed by atoms with E-state index in [-0.39, 0.29) is 30.0 Å². The molecule has 1 aliphatic heterocycles. The number of nitrogen functional groups attached to an aromatic ring is 1. The number of nitriles is 1. The molecule has 1 saturated heterocycles. The van der Waals surface area contributed by atoms with Gasteiger partial charge in [0.15, 0.2) is 5.82 Å². The van der Waals surface area contributed by atoms with Crippen LogP contribution in [0.4, 0.5) is 5.82 Å². The van der Waals surface area contributed by atoms with E-state index >= 15 is 0 Å². The summed E-state index contributed by atoms with van der Waals surface area (Å²) in [6.07, 6.45) is -2.89. The number of hydrogen-bond donors (Lipinski definition) is 3. The van der Waals surface area contributed by atoms with Crippen molar-refractivity contribution in [1.82, 2.24) is 14.6 Å². The molecular weight excluding hydrogens is 366 g/mol. The highest BCUT2D eigenvalue weighted by molar-refractivity contribution is 5.72. The van der Waals surface area contributed by atoms with Crippen molar-refractivity contribution < 1.29 is 24.5 Å². The maximum Gasteiger partial charge on any atom is 0.309 e. The molecule has 3 rings (SSSR count). The second-order valence-corrected chi connectivity index (χ2v) is 7.26. The number of esters is 1. The second kappa shape index (κ2) is 7.35. The fourth-order valence-corrected chi connectivity index (χ4v) is 3.12. The summed E-state index contributed by atoms with van der Waals surface area (Å²) in [5.74, 6) is -0.500. The first-order valence-corrected chi connectivity index (χ1v) is 8.93. The number of anilines is 1. The van der Waals surface area contributed by atoms with Crippen LogP contribution in [-0.2, 0) is 19.9 Å². The van der Waals surface area contributed by atoms with Gasteiger partial charge in [0, 0.05) is 0 Å². The van der Waals surface area contributed by atoms with Crippen LogP contribution in [0.25, 0.3) is 5.52 Å². The Morgan fingerprint density at radius 1 is 1.46 bits per heavy atom. The average molecular weight is 389 g/mol. The Hall–Kier alpha value is -2.74. The quantitative estimate of drug-likeness (QED) is 0.598. The number of nitrogens with zero attached hydrogens (tertiary/aromatic N) is 4. The number of carbonyl (C=O) groups excluding carboxylic acids is 1. The minimum absolute atomic E-state index is 0.0861. The van der Waals surface area contributed by atoms with Crippen molar-refractivity contribution in [3.8, 4) is 6.07 Å². The van der Waals surface area contributed by atoms with Gasteiger partial charge in [-0.05, 0) is 18.1 Å². The molecule has 0 aliphatic carbocycles. The lowest BCUT2D eigenvalue weighted by Gasteiger charge is -2.24. The lowest BCUT2D eigenvalue weighted by molar-refractivity contribution is -0.156. The van der Waals surface area contributed by atoms with Gasteiger partial charge in [-0.1, -0.05) is 20.8 Å². The highest BCUT2D eigenvalue weighted by Crippen LogP contribution is 2.40. The molecule has 0 amide bonds. The maximum atomic E-state index is 12.1. The lowest BCUT2D eigenvalue weighted by Crippen LogP contribution is -2.41. The fourth-order valence-electron chi connectivity index (χ4n) is 3.12. The van der Waals surface area contributed by atoms with Crippen LogP contribution in [0.3, 0.4) is 0 Å². The van der Waals surface area contributed by atoms with Crippen molar-refractivity contribution in [1.29, 1.82) is 5.26 Å². The zero-order valence-corrected chi connectivity index (χ0v) is 15.8. The first-order valence-electron chi connectivity index (χ1n) is 8.93. The normalized spacial score (nSPS) is 28.4. The summed E-state index contributed by atoms with van der Waals surface area (Å²) in [4.78, 5) is 16.0. The Morgan fingerprint density at radius 3 is 2.82 bits per heavy atom. The molecule has 2 aromatic heterocycles. The lowest BCUT2D eigenvalue weighted by atomic mass is 9.92. The Bertz CT molecular complexity index is 923. The van der Waals surface area contributed by atoms with E-state index in [2.05, 4.69) is 10.1 Å². The largest absolute Gasteiger partial charge is 0.463 e. The summed E-state index contributed by atoms with van der Waals surface area (Å²) in [5.41, 5.74) is 4.52. The zero-order chi connectivity index (χ0) is 20.6. The van der Waals surface area contributed by atoms with Crippen LogP contribution in [0, 0.1) is 23.2 Å². The number of aliphatic hydroxyl groups is 2. The number of carbonyl (C=O) groups is 1. The molecular formula is C18H23N5O5. The molecule has 10 heteroatoms. The van der Waals surface area contributed by atoms with Crippen LogP contribution in [0.5, 0.6) is 0 Å². The van der Waals surface area contributed by atoms with Gasteiger partial charge in [-0.25, -0.2) is 9.50 Å². The average Bonchev–Trinajstić information content (AvgIpc) is 3.21. The number of hydrogen-bond acceptors (Lipinski definition) is 9. The molecule has 0 saturated carbocycles. The van der Waals surface area contributed by atoms with E-state index < -0.39 is 29.9 Å². The van der Waals surface area contributed by atoms with Crippen LogP contribution in [0.1, 0.15) is 26.5 Å². The summed E-state index contributed by atoms with van der Waals surface area (Å²) in [5, 5.41) is 34.9. The summed E-state index contributed by atoms with van der Waals surface area (Å²) in [6.45, 7) is 5.23. The van der Waals surface area contributed by atoms with Gasteiger partial charge < -0.3 is 25.4 Å². The van der Waals surface area contributed by atoms with Gasteiger partial charge in [0.2, 0.25) is 5.60 Å². The van der Waals surface area contributed by atoms with Gasteiger partial charge in [0.25, 0.3) is 0 Å². The van der Waals surface area contributed by atoms with Crippen LogP contribution in [-0.4, -0.2) is 55.7 Å². The molecule has 4 N–H and O–H groups in total. The summed E-state index contributed by atoms with van der Waals surface area (Å²) >= 11 is 0. The first kappa shape index (κ1) is 20.0. The number of rotatable bonds is 5. The molecule has 10 nitrogen and oxygen atoms in total. The van der Waals surface area contributed by atoms with Gasteiger partial charge >= 0.3 is 5.97 Å². The molecule has 2 aromatic rings. The number of fused-ring (bicyclic) bond motifs is 1. The zero-order valence-electron chi connectivity index (χ0n) is 15.8. The van der Waals surface area contributed by atoms with Crippen molar-refractivity contribution >= 4 is 17.3 Å².